The van der Waals surface area contributed by atoms with Gasteiger partial charge in [0.2, 0.25) is 5.91 Å². The molecule has 1 atom stereocenters. The molecule has 0 unspecified atom stereocenters. The molecule has 0 saturated carbocycles. The van der Waals surface area contributed by atoms with Crippen molar-refractivity contribution >= 4 is 34.2 Å². The molecule has 8 heteroatoms. The molecule has 0 radical (unpaired) electrons. The van der Waals surface area contributed by atoms with Crippen LogP contribution in [0.2, 0.25) is 0 Å². The van der Waals surface area contributed by atoms with Crippen LogP contribution < -0.4 is 15.4 Å². The van der Waals surface area contributed by atoms with Crippen molar-refractivity contribution in [2.45, 2.75) is 65.1 Å². The average molecular weight is 533 g/mol. The number of imidazole rings is 1. The van der Waals surface area contributed by atoms with Gasteiger partial charge in [-0.05, 0) is 66.6 Å². The number of benzene rings is 2. The van der Waals surface area contributed by atoms with Crippen molar-refractivity contribution in [2.24, 2.45) is 0 Å². The Hall–Kier alpha value is -3.65. The first-order chi connectivity index (χ1) is 18.5. The summed E-state index contributed by atoms with van der Waals surface area (Å²) in [6, 6.07) is 17.1. The third-order valence-electron chi connectivity index (χ3n) is 6.88. The summed E-state index contributed by atoms with van der Waals surface area (Å²) < 4.78 is 7.58. The van der Waals surface area contributed by atoms with Crippen molar-refractivity contribution in [3.8, 4) is 5.75 Å². The number of fused-ring (bicyclic) bond motifs is 1. The Balaban J connectivity index is 1.50. The van der Waals surface area contributed by atoms with Gasteiger partial charge in [0.25, 0.3) is 5.91 Å². The van der Waals surface area contributed by atoms with Crippen molar-refractivity contribution < 1.29 is 14.3 Å². The van der Waals surface area contributed by atoms with Crippen molar-refractivity contribution in [1.29, 1.82) is 0 Å². The normalized spacial score (nSPS) is 12.0. The average Bonchev–Trinajstić information content (AvgIpc) is 3.58. The first-order valence-electron chi connectivity index (χ1n) is 13.2. The molecule has 2 aromatic carbocycles. The number of aromatic nitrogens is 2. The highest BCUT2D eigenvalue weighted by Gasteiger charge is 2.22. The van der Waals surface area contributed by atoms with Gasteiger partial charge in [0.1, 0.15) is 17.6 Å². The first-order valence-corrected chi connectivity index (χ1v) is 14.1. The minimum Gasteiger partial charge on any atom is -0.497 e. The number of carbonyl (C=O) groups is 2. The largest absolute Gasteiger partial charge is 0.497 e. The third kappa shape index (κ3) is 6.25. The number of nitrogens with zero attached hydrogens (tertiary/aromatic N) is 2. The second-order valence-electron chi connectivity index (χ2n) is 9.33. The molecule has 4 aromatic rings. The monoisotopic (exact) mass is 532 g/mol. The van der Waals surface area contributed by atoms with E-state index in [1.165, 1.54) is 4.88 Å². The third-order valence-corrected chi connectivity index (χ3v) is 7.75. The van der Waals surface area contributed by atoms with Crippen LogP contribution in [0.3, 0.4) is 0 Å². The molecule has 0 bridgehead atoms. The fourth-order valence-electron chi connectivity index (χ4n) is 4.73. The van der Waals surface area contributed by atoms with Gasteiger partial charge in [-0.2, -0.15) is 0 Å². The van der Waals surface area contributed by atoms with Gasteiger partial charge in [0.15, 0.2) is 0 Å². The van der Waals surface area contributed by atoms with Crippen molar-refractivity contribution in [3.63, 3.8) is 0 Å². The molecular weight excluding hydrogens is 496 g/mol. The topological polar surface area (TPSA) is 85.2 Å². The second kappa shape index (κ2) is 12.7. The molecule has 0 aliphatic carbocycles. The molecule has 0 saturated heterocycles. The molecule has 2 aromatic heterocycles. The number of hydrogen-bond acceptors (Lipinski definition) is 5. The molecule has 200 valence electrons. The number of rotatable bonds is 12. The second-order valence-corrected chi connectivity index (χ2v) is 10.4. The highest BCUT2D eigenvalue weighted by Crippen LogP contribution is 2.28. The van der Waals surface area contributed by atoms with Crippen LogP contribution in [0.5, 0.6) is 5.75 Å². The van der Waals surface area contributed by atoms with Crippen LogP contribution in [-0.4, -0.2) is 34.5 Å². The maximum absolute atomic E-state index is 13.2. The van der Waals surface area contributed by atoms with E-state index in [4.69, 9.17) is 9.72 Å². The summed E-state index contributed by atoms with van der Waals surface area (Å²) in [6.45, 7) is 6.63. The Bertz CT molecular complexity index is 1380. The van der Waals surface area contributed by atoms with Crippen molar-refractivity contribution in [2.75, 3.05) is 7.11 Å². The fourth-order valence-corrected chi connectivity index (χ4v) is 5.44. The molecule has 4 rings (SSSR count). The lowest BCUT2D eigenvalue weighted by atomic mass is 10.1. The van der Waals surface area contributed by atoms with Crippen LogP contribution in [0, 0.1) is 0 Å². The molecule has 0 aliphatic rings. The lowest BCUT2D eigenvalue weighted by Crippen LogP contribution is -2.46. The van der Waals surface area contributed by atoms with Gasteiger partial charge < -0.3 is 19.9 Å². The van der Waals surface area contributed by atoms with Crippen molar-refractivity contribution in [1.82, 2.24) is 20.2 Å². The zero-order chi connectivity index (χ0) is 27.1. The quantitative estimate of drug-likeness (QED) is 0.239. The van der Waals surface area contributed by atoms with Crippen LogP contribution >= 0.6 is 11.3 Å². The summed E-state index contributed by atoms with van der Waals surface area (Å²) in [7, 11) is 1.61. The van der Waals surface area contributed by atoms with E-state index in [0.29, 0.717) is 24.6 Å². The summed E-state index contributed by atoms with van der Waals surface area (Å²) in [5.74, 6) is 1.24. The van der Waals surface area contributed by atoms with Crippen LogP contribution in [0.1, 0.15) is 72.7 Å². The van der Waals surface area contributed by atoms with E-state index in [-0.39, 0.29) is 11.8 Å². The van der Waals surface area contributed by atoms with E-state index >= 15 is 0 Å². The van der Waals surface area contributed by atoms with Crippen molar-refractivity contribution in [3.05, 3.63) is 81.8 Å². The van der Waals surface area contributed by atoms with Crippen LogP contribution in [0.15, 0.2) is 60.0 Å². The molecule has 2 amide bonds. The zero-order valence-corrected chi connectivity index (χ0v) is 23.3. The van der Waals surface area contributed by atoms with E-state index in [2.05, 4.69) is 46.6 Å². The number of amides is 2. The number of ether oxygens (including phenoxy) is 1. The van der Waals surface area contributed by atoms with E-state index in [1.54, 1.807) is 18.4 Å². The fraction of sp³-hybridized carbons (Fsp3) is 0.367. The summed E-state index contributed by atoms with van der Waals surface area (Å²) in [5, 5.41) is 7.90. The molecule has 38 heavy (non-hydrogen) atoms. The lowest BCUT2D eigenvalue weighted by molar-refractivity contribution is -0.123. The summed E-state index contributed by atoms with van der Waals surface area (Å²) in [6.07, 6.45) is 3.25. The van der Waals surface area contributed by atoms with E-state index in [0.717, 1.165) is 47.4 Å². The molecule has 7 nitrogen and oxygen atoms in total. The molecule has 0 spiro atoms. The van der Waals surface area contributed by atoms with Gasteiger partial charge in [-0.15, -0.1) is 11.3 Å². The maximum Gasteiger partial charge on any atom is 0.252 e. The highest BCUT2D eigenvalue weighted by molar-refractivity contribution is 7.09. The van der Waals surface area contributed by atoms with Gasteiger partial charge in [0.05, 0.1) is 18.1 Å². The molecule has 0 aliphatic heterocycles. The van der Waals surface area contributed by atoms with Crippen LogP contribution in [0.4, 0.5) is 0 Å². The summed E-state index contributed by atoms with van der Waals surface area (Å²) in [4.78, 5) is 32.2. The van der Waals surface area contributed by atoms with Gasteiger partial charge >= 0.3 is 0 Å². The molecular formula is C30H36N4O3S. The Morgan fingerprint density at radius 1 is 1.03 bits per heavy atom. The zero-order valence-electron chi connectivity index (χ0n) is 22.5. The highest BCUT2D eigenvalue weighted by atomic mass is 32.1. The Kier molecular flexibility index (Phi) is 9.18. The predicted molar refractivity (Wildman–Crippen MR) is 153 cm³/mol. The summed E-state index contributed by atoms with van der Waals surface area (Å²) >= 11 is 1.73. The van der Waals surface area contributed by atoms with Gasteiger partial charge in [-0.25, -0.2) is 4.98 Å². The molecule has 0 fully saturated rings. The SMILES string of the molecule is CCC(CC)n1c(Cc2cccs2)nc2cc(C(=O)N[C@@H](CC)C(=O)NCc3cccc(OC)c3)ccc21. The Labute approximate surface area is 228 Å². The lowest BCUT2D eigenvalue weighted by Gasteiger charge is -2.19. The Morgan fingerprint density at radius 2 is 1.84 bits per heavy atom. The first kappa shape index (κ1) is 27.4. The van der Waals surface area contributed by atoms with Crippen LogP contribution in [0.25, 0.3) is 11.0 Å². The van der Waals surface area contributed by atoms with Gasteiger partial charge in [-0.1, -0.05) is 39.0 Å². The predicted octanol–water partition coefficient (Wildman–Crippen LogP) is 5.88. The summed E-state index contributed by atoms with van der Waals surface area (Å²) in [5.41, 5.74) is 3.25. The number of nitrogens with one attached hydrogen (secondary N) is 2. The minimum atomic E-state index is -0.639. The maximum atomic E-state index is 13.2. The van der Waals surface area contributed by atoms with E-state index in [1.807, 2.05) is 49.4 Å². The minimum absolute atomic E-state index is 0.221. The van der Waals surface area contributed by atoms with Gasteiger partial charge in [0, 0.05) is 29.4 Å². The number of methoxy groups -OCH3 is 1. The van der Waals surface area contributed by atoms with Crippen LogP contribution in [-0.2, 0) is 17.8 Å². The van der Waals surface area contributed by atoms with Gasteiger partial charge in [-0.3, -0.25) is 9.59 Å². The van der Waals surface area contributed by atoms with E-state index < -0.39 is 6.04 Å². The standard InChI is InChI=1S/C30H36N4O3S/c1-5-22(6-2)34-27-14-13-21(17-26(27)32-28(34)18-24-12-9-15-38-24)29(35)33-25(7-3)30(36)31-19-20-10-8-11-23(16-20)37-4/h8-17,22,25H,5-7,18-19H2,1-4H3,(H,31,36)(H,33,35)/t25-/m0/s1. The number of carbonyl (C=O) groups excluding carboxylic acids is 2. The molecule has 2 N–H and O–H groups in total. The number of thiophene rings is 1. The molecule has 2 heterocycles. The smallest absolute Gasteiger partial charge is 0.252 e. The number of hydrogen-bond donors (Lipinski definition) is 2. The van der Waals surface area contributed by atoms with E-state index in [9.17, 15) is 9.59 Å². The Morgan fingerprint density at radius 3 is 2.53 bits per heavy atom.